The summed E-state index contributed by atoms with van der Waals surface area (Å²) in [6.45, 7) is 10.4. The van der Waals surface area contributed by atoms with Crippen molar-refractivity contribution in [2.75, 3.05) is 24.2 Å². The Balaban J connectivity index is 0.00000436. The lowest BCUT2D eigenvalue weighted by molar-refractivity contribution is -0.117. The number of nitrogens with one attached hydrogen (secondary N) is 5. The van der Waals surface area contributed by atoms with E-state index in [4.69, 9.17) is 11.5 Å². The van der Waals surface area contributed by atoms with E-state index < -0.39 is 6.17 Å². The van der Waals surface area contributed by atoms with E-state index in [0.29, 0.717) is 29.9 Å². The highest BCUT2D eigenvalue weighted by Crippen LogP contribution is 2.16. The Labute approximate surface area is 186 Å². The number of hydrogen-bond donors (Lipinski definition) is 7. The van der Waals surface area contributed by atoms with E-state index in [2.05, 4.69) is 26.6 Å². The molecule has 3 unspecified atom stereocenters. The van der Waals surface area contributed by atoms with Crippen molar-refractivity contribution in [3.05, 3.63) is 36.0 Å². The van der Waals surface area contributed by atoms with Gasteiger partial charge in [0, 0.05) is 17.6 Å². The van der Waals surface area contributed by atoms with Gasteiger partial charge < -0.3 is 27.4 Å². The minimum atomic E-state index is -0.478. The van der Waals surface area contributed by atoms with Crippen molar-refractivity contribution in [2.24, 2.45) is 11.5 Å². The van der Waals surface area contributed by atoms with Gasteiger partial charge in [-0.2, -0.15) is 0 Å². The third kappa shape index (κ3) is 10.4. The summed E-state index contributed by atoms with van der Waals surface area (Å²) in [5.74, 6) is -0.524. The fraction of sp³-hybridized carbons (Fsp3) is 0.545. The van der Waals surface area contributed by atoms with Crippen LogP contribution in [0.3, 0.4) is 0 Å². The van der Waals surface area contributed by atoms with Crippen LogP contribution in [0.4, 0.5) is 11.4 Å². The fourth-order valence-electron chi connectivity index (χ4n) is 2.44. The Morgan fingerprint density at radius 1 is 1.13 bits per heavy atom. The van der Waals surface area contributed by atoms with Gasteiger partial charge in [-0.1, -0.05) is 33.8 Å². The predicted molar refractivity (Wildman–Crippen MR) is 129 cm³/mol. The summed E-state index contributed by atoms with van der Waals surface area (Å²) >= 11 is 0. The van der Waals surface area contributed by atoms with Crippen molar-refractivity contribution in [1.29, 1.82) is 0 Å². The Bertz CT molecular complexity index is 694. The van der Waals surface area contributed by atoms with Crippen LogP contribution in [-0.4, -0.2) is 43.8 Å². The van der Waals surface area contributed by atoms with Crippen LogP contribution in [-0.2, 0) is 9.59 Å². The normalized spacial score (nSPS) is 14.0. The van der Waals surface area contributed by atoms with E-state index in [1.807, 2.05) is 27.7 Å². The Morgan fingerprint density at radius 2 is 1.74 bits per heavy atom. The van der Waals surface area contributed by atoms with Crippen LogP contribution in [0.25, 0.3) is 0 Å². The van der Waals surface area contributed by atoms with Crippen molar-refractivity contribution in [3.8, 4) is 0 Å². The third-order valence-corrected chi connectivity index (χ3v) is 4.39. The molecular weight excluding hydrogens is 394 g/mol. The number of amides is 2. The SMILES string of the molecule is CC.CCCNC(NC(N)CC)/C(=C\N)C(=O)Nc1cccc(NC(=O)C(C)NC)c1. The number of rotatable bonds is 12. The molecule has 2 amide bonds. The van der Waals surface area contributed by atoms with Gasteiger partial charge in [0.15, 0.2) is 0 Å². The number of anilines is 2. The van der Waals surface area contributed by atoms with Crippen molar-refractivity contribution in [1.82, 2.24) is 16.0 Å². The maximum absolute atomic E-state index is 12.8. The van der Waals surface area contributed by atoms with Crippen LogP contribution in [0.15, 0.2) is 36.0 Å². The average molecular weight is 436 g/mol. The Hall–Kier alpha value is -2.46. The highest BCUT2D eigenvalue weighted by Gasteiger charge is 2.22. The minimum Gasteiger partial charge on any atom is -0.404 e. The molecule has 1 aromatic carbocycles. The van der Waals surface area contributed by atoms with Gasteiger partial charge in [0.25, 0.3) is 5.91 Å². The van der Waals surface area contributed by atoms with Gasteiger partial charge in [0.1, 0.15) is 0 Å². The molecule has 1 rings (SSSR count). The summed E-state index contributed by atoms with van der Waals surface area (Å²) in [7, 11) is 1.71. The van der Waals surface area contributed by atoms with Gasteiger partial charge in [-0.15, -0.1) is 0 Å². The first-order valence-corrected chi connectivity index (χ1v) is 10.9. The van der Waals surface area contributed by atoms with Crippen molar-refractivity contribution in [3.63, 3.8) is 0 Å². The summed E-state index contributed by atoms with van der Waals surface area (Å²) in [6.07, 6.45) is 2.12. The lowest BCUT2D eigenvalue weighted by Crippen LogP contribution is -2.53. The first-order valence-electron chi connectivity index (χ1n) is 10.9. The first-order chi connectivity index (χ1) is 14.9. The maximum atomic E-state index is 12.8. The monoisotopic (exact) mass is 435 g/mol. The van der Waals surface area contributed by atoms with Crippen LogP contribution in [0.5, 0.6) is 0 Å². The average Bonchev–Trinajstić information content (AvgIpc) is 2.78. The smallest absolute Gasteiger partial charge is 0.256 e. The van der Waals surface area contributed by atoms with Crippen LogP contribution in [0.2, 0.25) is 0 Å². The molecule has 0 aromatic heterocycles. The summed E-state index contributed by atoms with van der Waals surface area (Å²) in [5.41, 5.74) is 13.2. The van der Waals surface area contributed by atoms with E-state index in [-0.39, 0.29) is 24.0 Å². The van der Waals surface area contributed by atoms with E-state index in [1.165, 1.54) is 6.20 Å². The molecular formula is C22H41N7O2. The number of nitrogens with two attached hydrogens (primary N) is 2. The molecule has 0 saturated carbocycles. The number of likely N-dealkylation sites (N-methyl/N-ethyl adjacent to an activating group) is 1. The van der Waals surface area contributed by atoms with Gasteiger partial charge in [0.2, 0.25) is 5.91 Å². The second kappa shape index (κ2) is 16.3. The quantitative estimate of drug-likeness (QED) is 0.195. The van der Waals surface area contributed by atoms with Gasteiger partial charge in [-0.25, -0.2) is 0 Å². The molecule has 0 aliphatic carbocycles. The molecule has 0 spiro atoms. The molecule has 9 nitrogen and oxygen atoms in total. The molecule has 3 atom stereocenters. The van der Waals surface area contributed by atoms with Gasteiger partial charge >= 0.3 is 0 Å². The molecule has 1 aromatic rings. The standard InChI is InChI=1S/C20H35N7O2.C2H6/c1-5-10-24-18(27-17(22)6-2)16(12-21)20(29)26-15-9-7-8-14(11-15)25-19(28)13(3)23-4;1-2/h7-9,11-13,17-18,23-24,27H,5-6,10,21-22H2,1-4H3,(H,25,28)(H,26,29);1-2H3/b16-12+;. The topological polar surface area (TPSA) is 146 Å². The molecule has 0 fully saturated rings. The summed E-state index contributed by atoms with van der Waals surface area (Å²) in [6, 6.07) is 6.59. The zero-order chi connectivity index (χ0) is 23.8. The van der Waals surface area contributed by atoms with Crippen molar-refractivity contribution in [2.45, 2.75) is 65.8 Å². The fourth-order valence-corrected chi connectivity index (χ4v) is 2.44. The highest BCUT2D eigenvalue weighted by molar-refractivity contribution is 6.05. The molecule has 176 valence electrons. The maximum Gasteiger partial charge on any atom is 0.256 e. The molecule has 0 aliphatic heterocycles. The largest absolute Gasteiger partial charge is 0.404 e. The molecule has 9 N–H and O–H groups in total. The molecule has 0 saturated heterocycles. The highest BCUT2D eigenvalue weighted by atomic mass is 16.2. The molecule has 0 aliphatic rings. The Morgan fingerprint density at radius 3 is 2.26 bits per heavy atom. The van der Waals surface area contributed by atoms with Crippen LogP contribution in [0.1, 0.15) is 47.5 Å². The minimum absolute atomic E-state index is 0.167. The van der Waals surface area contributed by atoms with E-state index in [0.717, 1.165) is 6.42 Å². The molecule has 9 heteroatoms. The second-order valence-electron chi connectivity index (χ2n) is 6.73. The summed E-state index contributed by atoms with van der Waals surface area (Å²) in [4.78, 5) is 24.9. The van der Waals surface area contributed by atoms with Gasteiger partial charge in [-0.3, -0.25) is 20.2 Å². The number of benzene rings is 1. The lowest BCUT2D eigenvalue weighted by atomic mass is 10.1. The third-order valence-electron chi connectivity index (χ3n) is 4.39. The van der Waals surface area contributed by atoms with Crippen molar-refractivity contribution >= 4 is 23.2 Å². The molecule has 0 radical (unpaired) electrons. The predicted octanol–water partition coefficient (Wildman–Crippen LogP) is 1.65. The van der Waals surface area contributed by atoms with E-state index in [1.54, 1.807) is 38.2 Å². The lowest BCUT2D eigenvalue weighted by Gasteiger charge is -2.25. The van der Waals surface area contributed by atoms with Gasteiger partial charge in [-0.05, 0) is 51.6 Å². The van der Waals surface area contributed by atoms with Gasteiger partial charge in [0.05, 0.1) is 23.9 Å². The Kier molecular flexibility index (Phi) is 15.0. The molecule has 0 bridgehead atoms. The second-order valence-corrected chi connectivity index (χ2v) is 6.73. The summed E-state index contributed by atoms with van der Waals surface area (Å²) < 4.78 is 0. The summed E-state index contributed by atoms with van der Waals surface area (Å²) in [5, 5.41) is 14.9. The van der Waals surface area contributed by atoms with Crippen LogP contribution >= 0.6 is 0 Å². The first kappa shape index (κ1) is 28.5. The van der Waals surface area contributed by atoms with Crippen LogP contribution < -0.4 is 38.1 Å². The zero-order valence-corrected chi connectivity index (χ0v) is 19.7. The van der Waals surface area contributed by atoms with Crippen LogP contribution in [0, 0.1) is 0 Å². The van der Waals surface area contributed by atoms with E-state index >= 15 is 0 Å². The molecule has 31 heavy (non-hydrogen) atoms. The number of carbonyl (C=O) groups excluding carboxylic acids is 2. The number of hydrogen-bond acceptors (Lipinski definition) is 7. The zero-order valence-electron chi connectivity index (χ0n) is 19.7. The van der Waals surface area contributed by atoms with E-state index in [9.17, 15) is 9.59 Å². The molecule has 0 heterocycles. The van der Waals surface area contributed by atoms with Crippen molar-refractivity contribution < 1.29 is 9.59 Å². The number of carbonyl (C=O) groups is 2.